The molecule has 0 aliphatic carbocycles. The number of hydrogen-bond donors (Lipinski definition) is 0. The first-order chi connectivity index (χ1) is 10.7. The molecule has 1 aliphatic heterocycles. The molecule has 2 heterocycles. The number of thiophene rings is 1. The lowest BCUT2D eigenvalue weighted by Crippen LogP contribution is -2.37. The van der Waals surface area contributed by atoms with Crippen LogP contribution in [0.5, 0.6) is 5.75 Å². The quantitative estimate of drug-likeness (QED) is 0.799. The van der Waals surface area contributed by atoms with Crippen molar-refractivity contribution in [2.45, 2.75) is 13.0 Å². The standard InChI is InChI=1S/C16H15NO4S/c1-20-15(18)12-2-4-13(5-3-12)21-16(19)17-8-6-11-7-9-22-14(11)10-17/h2-5,7,9H,6,8,10H2,1H3. The van der Waals surface area contributed by atoms with Crippen LogP contribution >= 0.6 is 11.3 Å². The van der Waals surface area contributed by atoms with Gasteiger partial charge < -0.3 is 14.4 Å². The van der Waals surface area contributed by atoms with Gasteiger partial charge in [-0.1, -0.05) is 0 Å². The fourth-order valence-corrected chi connectivity index (χ4v) is 3.28. The van der Waals surface area contributed by atoms with Crippen LogP contribution < -0.4 is 4.74 Å². The number of methoxy groups -OCH3 is 1. The highest BCUT2D eigenvalue weighted by atomic mass is 32.1. The zero-order valence-corrected chi connectivity index (χ0v) is 12.9. The van der Waals surface area contributed by atoms with Crippen LogP contribution in [0.3, 0.4) is 0 Å². The number of carbonyl (C=O) groups excluding carboxylic acids is 2. The van der Waals surface area contributed by atoms with Gasteiger partial charge in [0.1, 0.15) is 5.75 Å². The van der Waals surface area contributed by atoms with Crippen molar-refractivity contribution in [1.82, 2.24) is 4.90 Å². The molecule has 0 radical (unpaired) electrons. The first-order valence-corrected chi connectivity index (χ1v) is 7.75. The van der Waals surface area contributed by atoms with Crippen LogP contribution in [0.2, 0.25) is 0 Å². The van der Waals surface area contributed by atoms with Gasteiger partial charge in [-0.05, 0) is 47.7 Å². The molecule has 0 bridgehead atoms. The van der Waals surface area contributed by atoms with E-state index < -0.39 is 5.97 Å². The van der Waals surface area contributed by atoms with E-state index in [1.807, 2.05) is 5.38 Å². The second-order valence-electron chi connectivity index (χ2n) is 4.92. The van der Waals surface area contributed by atoms with Crippen LogP contribution in [0.15, 0.2) is 35.7 Å². The van der Waals surface area contributed by atoms with E-state index in [0.717, 1.165) is 6.42 Å². The molecule has 0 fully saturated rings. The van der Waals surface area contributed by atoms with E-state index in [1.54, 1.807) is 40.5 Å². The Balaban J connectivity index is 1.64. The Labute approximate surface area is 132 Å². The average molecular weight is 317 g/mol. The van der Waals surface area contributed by atoms with E-state index in [4.69, 9.17) is 4.74 Å². The summed E-state index contributed by atoms with van der Waals surface area (Å²) in [6.45, 7) is 1.24. The smallest absolute Gasteiger partial charge is 0.415 e. The molecule has 3 rings (SSSR count). The molecule has 1 aromatic heterocycles. The summed E-state index contributed by atoms with van der Waals surface area (Å²) in [5.74, 6) is -0.00578. The average Bonchev–Trinajstić information content (AvgIpc) is 3.02. The molecule has 1 aromatic carbocycles. The molecule has 0 spiro atoms. The number of carbonyl (C=O) groups is 2. The summed E-state index contributed by atoms with van der Waals surface area (Å²) in [6.07, 6.45) is 0.486. The van der Waals surface area contributed by atoms with Gasteiger partial charge in [-0.3, -0.25) is 0 Å². The second-order valence-corrected chi connectivity index (χ2v) is 5.93. The van der Waals surface area contributed by atoms with Crippen LogP contribution in [0.1, 0.15) is 20.8 Å². The van der Waals surface area contributed by atoms with Crippen molar-refractivity contribution in [3.05, 3.63) is 51.7 Å². The fraction of sp³-hybridized carbons (Fsp3) is 0.250. The van der Waals surface area contributed by atoms with Crippen LogP contribution in [0, 0.1) is 0 Å². The Hall–Kier alpha value is -2.34. The fourth-order valence-electron chi connectivity index (χ4n) is 2.33. The molecule has 114 valence electrons. The maximum atomic E-state index is 12.2. The zero-order chi connectivity index (χ0) is 15.5. The Morgan fingerprint density at radius 3 is 2.68 bits per heavy atom. The third kappa shape index (κ3) is 2.96. The maximum absolute atomic E-state index is 12.2. The monoisotopic (exact) mass is 317 g/mol. The topological polar surface area (TPSA) is 55.8 Å². The third-order valence-electron chi connectivity index (χ3n) is 3.56. The van der Waals surface area contributed by atoms with Gasteiger partial charge in [0.2, 0.25) is 0 Å². The molecule has 22 heavy (non-hydrogen) atoms. The molecule has 0 unspecified atom stereocenters. The lowest BCUT2D eigenvalue weighted by Gasteiger charge is -2.25. The van der Waals surface area contributed by atoms with Crippen molar-refractivity contribution in [3.8, 4) is 5.75 Å². The number of esters is 1. The second kappa shape index (κ2) is 6.19. The molecular weight excluding hydrogens is 302 g/mol. The molecule has 0 saturated heterocycles. The Morgan fingerprint density at radius 1 is 1.18 bits per heavy atom. The normalized spacial score (nSPS) is 13.4. The number of amides is 1. The third-order valence-corrected chi connectivity index (χ3v) is 4.51. The van der Waals surface area contributed by atoms with Gasteiger partial charge in [0, 0.05) is 11.4 Å². The van der Waals surface area contributed by atoms with Gasteiger partial charge >= 0.3 is 12.1 Å². The Morgan fingerprint density at radius 2 is 1.95 bits per heavy atom. The van der Waals surface area contributed by atoms with Crippen molar-refractivity contribution in [2.75, 3.05) is 13.7 Å². The van der Waals surface area contributed by atoms with Crippen molar-refractivity contribution >= 4 is 23.4 Å². The zero-order valence-electron chi connectivity index (χ0n) is 12.1. The Bertz CT molecular complexity index is 692. The Kier molecular flexibility index (Phi) is 4.11. The van der Waals surface area contributed by atoms with E-state index in [1.165, 1.54) is 17.6 Å². The molecule has 1 aliphatic rings. The summed E-state index contributed by atoms with van der Waals surface area (Å²) >= 11 is 1.66. The van der Waals surface area contributed by atoms with Crippen LogP contribution in [-0.2, 0) is 17.7 Å². The molecule has 0 atom stereocenters. The summed E-state index contributed by atoms with van der Waals surface area (Å²) in [7, 11) is 1.32. The lowest BCUT2D eigenvalue weighted by atomic mass is 10.1. The van der Waals surface area contributed by atoms with Crippen LogP contribution in [0.4, 0.5) is 4.79 Å². The van der Waals surface area contributed by atoms with Gasteiger partial charge in [-0.15, -0.1) is 11.3 Å². The molecule has 0 N–H and O–H groups in total. The van der Waals surface area contributed by atoms with Crippen molar-refractivity contribution in [3.63, 3.8) is 0 Å². The number of fused-ring (bicyclic) bond motifs is 1. The van der Waals surface area contributed by atoms with Crippen LogP contribution in [0.25, 0.3) is 0 Å². The van der Waals surface area contributed by atoms with Gasteiger partial charge in [-0.2, -0.15) is 0 Å². The summed E-state index contributed by atoms with van der Waals surface area (Å²) < 4.78 is 9.98. The highest BCUT2D eigenvalue weighted by Gasteiger charge is 2.23. The number of benzene rings is 1. The van der Waals surface area contributed by atoms with Gasteiger partial charge in [0.05, 0.1) is 19.2 Å². The van der Waals surface area contributed by atoms with E-state index in [0.29, 0.717) is 24.4 Å². The SMILES string of the molecule is COC(=O)c1ccc(OC(=O)N2CCc3ccsc3C2)cc1. The minimum absolute atomic E-state index is 0.370. The summed E-state index contributed by atoms with van der Waals surface area (Å²) in [4.78, 5) is 26.4. The molecule has 0 saturated carbocycles. The number of hydrogen-bond acceptors (Lipinski definition) is 5. The highest BCUT2D eigenvalue weighted by molar-refractivity contribution is 7.10. The van der Waals surface area contributed by atoms with Crippen molar-refractivity contribution < 1.29 is 19.1 Å². The molecule has 1 amide bonds. The van der Waals surface area contributed by atoms with Crippen LogP contribution in [-0.4, -0.2) is 30.6 Å². The molecule has 5 nitrogen and oxygen atoms in total. The van der Waals surface area contributed by atoms with Crippen molar-refractivity contribution in [2.24, 2.45) is 0 Å². The minimum Gasteiger partial charge on any atom is -0.465 e. The van der Waals surface area contributed by atoms with Gasteiger partial charge in [0.15, 0.2) is 0 Å². The molecule has 6 heteroatoms. The predicted molar refractivity (Wildman–Crippen MR) is 82.2 cm³/mol. The van der Waals surface area contributed by atoms with Gasteiger partial charge in [0.25, 0.3) is 0 Å². The molecular formula is C16H15NO4S. The first-order valence-electron chi connectivity index (χ1n) is 6.88. The largest absolute Gasteiger partial charge is 0.465 e. The van der Waals surface area contributed by atoms with E-state index in [-0.39, 0.29) is 6.09 Å². The molecule has 2 aromatic rings. The van der Waals surface area contributed by atoms with E-state index in [2.05, 4.69) is 10.8 Å². The van der Waals surface area contributed by atoms with E-state index >= 15 is 0 Å². The maximum Gasteiger partial charge on any atom is 0.415 e. The summed E-state index contributed by atoms with van der Waals surface area (Å²) in [5.41, 5.74) is 1.74. The lowest BCUT2D eigenvalue weighted by molar-refractivity contribution is 0.0600. The highest BCUT2D eigenvalue weighted by Crippen LogP contribution is 2.25. The number of rotatable bonds is 2. The summed E-state index contributed by atoms with van der Waals surface area (Å²) in [5, 5.41) is 2.05. The predicted octanol–water partition coefficient (Wildman–Crippen LogP) is 3.09. The summed E-state index contributed by atoms with van der Waals surface area (Å²) in [6, 6.07) is 8.42. The van der Waals surface area contributed by atoms with Gasteiger partial charge in [-0.25, -0.2) is 9.59 Å². The minimum atomic E-state index is -0.417. The first kappa shape index (κ1) is 14.6. The number of nitrogens with zero attached hydrogens (tertiary/aromatic N) is 1. The number of ether oxygens (including phenoxy) is 2. The van der Waals surface area contributed by atoms with E-state index in [9.17, 15) is 9.59 Å². The van der Waals surface area contributed by atoms with Crippen molar-refractivity contribution in [1.29, 1.82) is 0 Å².